The molecule has 0 radical (unpaired) electrons. The monoisotopic (exact) mass is 228 g/mol. The molecule has 0 heterocycles. The van der Waals surface area contributed by atoms with E-state index in [1.807, 2.05) is 0 Å². The van der Waals surface area contributed by atoms with Crippen LogP contribution in [0, 0.1) is 47.4 Å². The van der Waals surface area contributed by atoms with E-state index in [2.05, 4.69) is 47.4 Å². The number of allylic oxidation sites excluding steroid dienone is 8. The summed E-state index contributed by atoms with van der Waals surface area (Å²) in [5.74, 6) is 20.3. The van der Waals surface area contributed by atoms with Gasteiger partial charge in [0.15, 0.2) is 0 Å². The maximum Gasteiger partial charge on any atom is 0.279 e. The quantitative estimate of drug-likeness (QED) is 0.456. The fourth-order valence-corrected chi connectivity index (χ4v) is 0.816. The van der Waals surface area contributed by atoms with E-state index in [9.17, 15) is 4.79 Å². The maximum atomic E-state index is 11.1. The van der Waals surface area contributed by atoms with Crippen molar-refractivity contribution in [3.8, 4) is 47.4 Å². The van der Waals surface area contributed by atoms with E-state index in [1.165, 1.54) is 0 Å². The lowest BCUT2D eigenvalue weighted by molar-refractivity contribution is -0.108. The zero-order valence-corrected chi connectivity index (χ0v) is 9.53. The molecule has 1 nitrogen and oxygen atoms in total. The van der Waals surface area contributed by atoms with Crippen molar-refractivity contribution < 1.29 is 4.79 Å². The van der Waals surface area contributed by atoms with Crippen molar-refractivity contribution >= 4 is 5.78 Å². The van der Waals surface area contributed by atoms with E-state index in [1.54, 1.807) is 48.6 Å². The van der Waals surface area contributed by atoms with Gasteiger partial charge in [-0.2, -0.15) is 0 Å². The number of carbonyl (C=O) groups excluding carboxylic acids is 1. The molecule has 1 aliphatic rings. The average Bonchev–Trinajstić information content (AvgIpc) is 2.37. The number of hydrogen-bond donors (Lipinski definition) is 0. The minimum Gasteiger partial charge on any atom is -0.270 e. The molecule has 0 bridgehead atoms. The first-order chi connectivity index (χ1) is 8.89. The molecule has 0 aromatic rings. The smallest absolute Gasteiger partial charge is 0.270 e. The van der Waals surface area contributed by atoms with Gasteiger partial charge >= 0.3 is 0 Å². The van der Waals surface area contributed by atoms with Crippen molar-refractivity contribution in [1.82, 2.24) is 0 Å². The van der Waals surface area contributed by atoms with Gasteiger partial charge in [0.2, 0.25) is 0 Å². The standard InChI is InChI=1S/C17H8O/c18-17-15-13-11-9-7-5-3-1-2-4-6-8-10-12-14-16-17/h5-12H/b7-5-,8-6+,11-9+,12-10-. The van der Waals surface area contributed by atoms with Gasteiger partial charge in [-0.25, -0.2) is 0 Å². The average molecular weight is 228 g/mol. The second kappa shape index (κ2) is 9.12. The molecule has 0 N–H and O–H groups in total. The molecular weight excluding hydrogens is 220 g/mol. The number of rotatable bonds is 0. The third-order valence-corrected chi connectivity index (χ3v) is 1.52. The first-order valence-electron chi connectivity index (χ1n) is 5.11. The van der Waals surface area contributed by atoms with Gasteiger partial charge < -0.3 is 0 Å². The Hall–Kier alpha value is -3.13. The largest absolute Gasteiger partial charge is 0.279 e. The molecule has 0 amide bonds. The molecule has 18 heavy (non-hydrogen) atoms. The molecule has 82 valence electrons. The molecule has 0 aliphatic heterocycles. The summed E-state index contributed by atoms with van der Waals surface area (Å²) in [6, 6.07) is 0. The number of Topliss-reactive ketones (excluding diaryl/α,β-unsaturated/α-hetero) is 1. The summed E-state index contributed by atoms with van der Waals surface area (Å²) in [7, 11) is 0. The van der Waals surface area contributed by atoms with Crippen LogP contribution in [0.2, 0.25) is 0 Å². The second-order valence-electron chi connectivity index (χ2n) is 2.84. The van der Waals surface area contributed by atoms with Gasteiger partial charge in [-0.3, -0.25) is 4.79 Å². The number of ketones is 1. The second-order valence-corrected chi connectivity index (χ2v) is 2.84. The zero-order chi connectivity index (χ0) is 12.9. The summed E-state index contributed by atoms with van der Waals surface area (Å²) in [4.78, 5) is 11.1. The molecule has 1 rings (SSSR count). The molecule has 1 heteroatoms. The van der Waals surface area contributed by atoms with Crippen LogP contribution >= 0.6 is 0 Å². The van der Waals surface area contributed by atoms with E-state index >= 15 is 0 Å². The van der Waals surface area contributed by atoms with E-state index in [-0.39, 0.29) is 0 Å². The normalized spacial score (nSPS) is 19.9. The third-order valence-electron chi connectivity index (χ3n) is 1.52. The highest BCUT2D eigenvalue weighted by atomic mass is 16.1. The molecule has 0 saturated carbocycles. The lowest BCUT2D eigenvalue weighted by Gasteiger charge is -1.70. The molecule has 0 aromatic carbocycles. The first kappa shape index (κ1) is 12.9. The summed E-state index contributed by atoms with van der Waals surface area (Å²) >= 11 is 0. The minimum atomic E-state index is -0.416. The van der Waals surface area contributed by atoms with Crippen LogP contribution in [0.15, 0.2) is 48.6 Å². The van der Waals surface area contributed by atoms with E-state index < -0.39 is 5.78 Å². The van der Waals surface area contributed by atoms with Crippen molar-refractivity contribution in [2.75, 3.05) is 0 Å². The Morgan fingerprint density at radius 1 is 0.611 bits per heavy atom. The van der Waals surface area contributed by atoms with Gasteiger partial charge in [0, 0.05) is 0 Å². The number of carbonyl (C=O) groups is 1. The van der Waals surface area contributed by atoms with Gasteiger partial charge in [0.1, 0.15) is 0 Å². The van der Waals surface area contributed by atoms with E-state index in [4.69, 9.17) is 0 Å². The Kier molecular flexibility index (Phi) is 6.56. The SMILES string of the molecule is O=C1C#C/C=C\C=C\C#CC#C/C=C\C=C\C#C1. The Labute approximate surface area is 107 Å². The van der Waals surface area contributed by atoms with Crippen LogP contribution in [0.25, 0.3) is 0 Å². The summed E-state index contributed by atoms with van der Waals surface area (Å²) in [5, 5.41) is 0. The number of hydrogen-bond acceptors (Lipinski definition) is 1. The summed E-state index contributed by atoms with van der Waals surface area (Å²) in [5.41, 5.74) is 0. The molecule has 0 saturated heterocycles. The third kappa shape index (κ3) is 7.20. The van der Waals surface area contributed by atoms with Crippen LogP contribution in [0.5, 0.6) is 0 Å². The summed E-state index contributed by atoms with van der Waals surface area (Å²) in [6.45, 7) is 0. The predicted molar refractivity (Wildman–Crippen MR) is 72.7 cm³/mol. The maximum absolute atomic E-state index is 11.1. The van der Waals surface area contributed by atoms with Crippen molar-refractivity contribution in [3.05, 3.63) is 48.6 Å². The van der Waals surface area contributed by atoms with Crippen LogP contribution in [0.1, 0.15) is 0 Å². The van der Waals surface area contributed by atoms with Gasteiger partial charge in [-0.05, 0) is 48.0 Å². The lowest BCUT2D eigenvalue weighted by Crippen LogP contribution is -1.84. The van der Waals surface area contributed by atoms with Gasteiger partial charge in [-0.15, -0.1) is 0 Å². The zero-order valence-electron chi connectivity index (χ0n) is 9.53. The highest BCUT2D eigenvalue weighted by Gasteiger charge is 1.82. The minimum absolute atomic E-state index is 0.416. The highest BCUT2D eigenvalue weighted by molar-refractivity contribution is 6.09. The molecule has 0 fully saturated rings. The van der Waals surface area contributed by atoms with Crippen LogP contribution in [-0.4, -0.2) is 5.78 Å². The fraction of sp³-hybridized carbons (Fsp3) is 0. The predicted octanol–water partition coefficient (Wildman–Crippen LogP) is 1.81. The molecule has 0 unspecified atom stereocenters. The van der Waals surface area contributed by atoms with Crippen LogP contribution in [-0.2, 0) is 4.79 Å². The van der Waals surface area contributed by atoms with Gasteiger partial charge in [0.05, 0.1) is 0 Å². The Bertz CT molecular complexity index is 607. The Morgan fingerprint density at radius 3 is 1.44 bits per heavy atom. The Balaban J connectivity index is 2.90. The summed E-state index contributed by atoms with van der Waals surface area (Å²) < 4.78 is 0. The topological polar surface area (TPSA) is 17.1 Å². The van der Waals surface area contributed by atoms with Crippen LogP contribution in [0.3, 0.4) is 0 Å². The van der Waals surface area contributed by atoms with E-state index in [0.29, 0.717) is 0 Å². The van der Waals surface area contributed by atoms with Crippen LogP contribution < -0.4 is 0 Å². The van der Waals surface area contributed by atoms with Crippen LogP contribution in [0.4, 0.5) is 0 Å². The highest BCUT2D eigenvalue weighted by Crippen LogP contribution is 1.78. The molecule has 0 atom stereocenters. The first-order valence-corrected chi connectivity index (χ1v) is 5.11. The van der Waals surface area contributed by atoms with Crippen molar-refractivity contribution in [2.45, 2.75) is 0 Å². The molecule has 0 aromatic heterocycles. The molecule has 1 aliphatic carbocycles. The van der Waals surface area contributed by atoms with Crippen molar-refractivity contribution in [1.29, 1.82) is 0 Å². The van der Waals surface area contributed by atoms with Gasteiger partial charge in [-0.1, -0.05) is 48.0 Å². The molecule has 0 spiro atoms. The van der Waals surface area contributed by atoms with Crippen molar-refractivity contribution in [3.63, 3.8) is 0 Å². The summed E-state index contributed by atoms with van der Waals surface area (Å²) in [6.07, 6.45) is 13.2. The van der Waals surface area contributed by atoms with E-state index in [0.717, 1.165) is 0 Å². The molecular formula is C17H8O. The fourth-order valence-electron chi connectivity index (χ4n) is 0.816. The van der Waals surface area contributed by atoms with Gasteiger partial charge in [0.25, 0.3) is 5.78 Å². The van der Waals surface area contributed by atoms with Crippen molar-refractivity contribution in [2.24, 2.45) is 0 Å². The lowest BCUT2D eigenvalue weighted by atomic mass is 10.3. The Morgan fingerprint density at radius 2 is 1.00 bits per heavy atom.